The van der Waals surface area contributed by atoms with Crippen molar-refractivity contribution in [2.24, 2.45) is 5.92 Å². The Hall–Kier alpha value is -3.43. The number of β-lactam (4-membered cyclic amide) rings is 1. The Morgan fingerprint density at radius 3 is 2.76 bits per heavy atom. The van der Waals surface area contributed by atoms with Gasteiger partial charge in [0.05, 0.1) is 29.9 Å². The Labute approximate surface area is 264 Å². The first-order chi connectivity index (χ1) is 21.4. The molecule has 6 heterocycles. The second-order valence-electron chi connectivity index (χ2n) is 10.6. The largest absolute Gasteiger partial charge is 0.477 e. The molecule has 2 fully saturated rings. The summed E-state index contributed by atoms with van der Waals surface area (Å²) >= 11 is 2.68. The van der Waals surface area contributed by atoms with Crippen LogP contribution in [0.1, 0.15) is 17.5 Å². The van der Waals surface area contributed by atoms with Gasteiger partial charge in [-0.15, -0.1) is 23.1 Å². The molecule has 240 valence electrons. The number of hydrogen-bond acceptors (Lipinski definition) is 14. The van der Waals surface area contributed by atoms with Crippen molar-refractivity contribution < 1.29 is 47.0 Å². The molecule has 6 atom stereocenters. The number of carbonyl (C=O) groups excluding carboxylic acids is 2. The Kier molecular flexibility index (Phi) is 8.69. The lowest BCUT2D eigenvalue weighted by Gasteiger charge is -2.49. The quantitative estimate of drug-likeness (QED) is 0.153. The van der Waals surface area contributed by atoms with Gasteiger partial charge in [-0.1, -0.05) is 6.07 Å². The zero-order valence-electron chi connectivity index (χ0n) is 23.3. The van der Waals surface area contributed by atoms with Crippen LogP contribution in [-0.4, -0.2) is 103 Å². The highest BCUT2D eigenvalue weighted by molar-refractivity contribution is 8.00. The molecule has 3 aromatic heterocycles. The molecule has 6 rings (SSSR count). The molecule has 0 radical (unpaired) electrons. The number of nitrogens with one attached hydrogen (secondary N) is 1. The first-order valence-electron chi connectivity index (χ1n) is 13.6. The van der Waals surface area contributed by atoms with E-state index in [1.165, 1.54) is 40.2 Å². The van der Waals surface area contributed by atoms with Crippen molar-refractivity contribution in [1.82, 2.24) is 24.2 Å². The lowest BCUT2D eigenvalue weighted by molar-refractivity contribution is -0.153. The van der Waals surface area contributed by atoms with E-state index in [4.69, 9.17) is 14.7 Å². The van der Waals surface area contributed by atoms with Crippen LogP contribution in [0.2, 0.25) is 0 Å². The maximum Gasteiger partial charge on any atom is 0.352 e. The number of hydrogen-bond donors (Lipinski definition) is 5. The van der Waals surface area contributed by atoms with Crippen molar-refractivity contribution in [3.63, 3.8) is 0 Å². The minimum Gasteiger partial charge on any atom is -0.477 e. The zero-order chi connectivity index (χ0) is 32.0. The van der Waals surface area contributed by atoms with Crippen LogP contribution in [0.5, 0.6) is 0 Å². The molecule has 2 saturated heterocycles. The highest BCUT2D eigenvalue weighted by Gasteiger charge is 2.53. The number of nitrogen functional groups attached to an aromatic ring is 1. The smallest absolute Gasteiger partial charge is 0.352 e. The zero-order valence-corrected chi connectivity index (χ0v) is 25.7. The Bertz CT molecular complexity index is 1780. The van der Waals surface area contributed by atoms with E-state index in [-0.39, 0.29) is 41.3 Å². The molecule has 6 N–H and O–H groups in total. The lowest BCUT2D eigenvalue weighted by Crippen LogP contribution is -2.62. The van der Waals surface area contributed by atoms with Crippen molar-refractivity contribution in [2.45, 2.75) is 42.8 Å². The number of nitrogens with zero attached hydrogens (tertiary/aromatic N) is 4. The van der Waals surface area contributed by atoms with Crippen molar-refractivity contribution in [3.8, 4) is 0 Å². The number of carboxylic acid groups (broad SMARTS) is 1. The number of aliphatic carboxylic acids is 1. The van der Waals surface area contributed by atoms with Gasteiger partial charge < -0.3 is 25.8 Å². The highest BCUT2D eigenvalue weighted by atomic mass is 32.2. The number of pyridine rings is 1. The number of aliphatic hydroxyl groups excluding tert-OH is 2. The van der Waals surface area contributed by atoms with Crippen LogP contribution in [0.15, 0.2) is 47.4 Å². The molecule has 0 unspecified atom stereocenters. The average molecular weight is 681 g/mol. The number of fused-ring (bicyclic) bond motifs is 2. The van der Waals surface area contributed by atoms with Gasteiger partial charge >= 0.3 is 16.3 Å². The average Bonchev–Trinajstić information content (AvgIpc) is 3.74. The number of aromatic nitrogens is 3. The third-order valence-corrected chi connectivity index (χ3v) is 10.9. The number of aliphatic hydroxyl groups is 2. The SMILES string of the molecule is Nc1ccnc2c1ncn2[C@@H]1O[C@H](COS(=O)(=O)NCC2=C(C(=O)O)N3C(=O)[C@@H](CC(=O)Cc4cccs4)[C@H]3SC2)[C@@H](O)[C@H]1O. The van der Waals surface area contributed by atoms with Crippen LogP contribution in [0.25, 0.3) is 11.2 Å². The van der Waals surface area contributed by atoms with Crippen LogP contribution in [0, 0.1) is 5.92 Å². The van der Waals surface area contributed by atoms with Gasteiger partial charge in [0.25, 0.3) is 0 Å². The molecule has 3 aliphatic rings. The maximum absolute atomic E-state index is 12.9. The summed E-state index contributed by atoms with van der Waals surface area (Å²) in [5.74, 6) is -2.60. The molecule has 0 spiro atoms. The number of ether oxygens (including phenoxy) is 1. The van der Waals surface area contributed by atoms with E-state index in [9.17, 15) is 38.1 Å². The fourth-order valence-corrected chi connectivity index (χ4v) is 8.38. The molecule has 45 heavy (non-hydrogen) atoms. The second-order valence-corrected chi connectivity index (χ2v) is 14.2. The van der Waals surface area contributed by atoms with Crippen molar-refractivity contribution in [2.75, 3.05) is 24.6 Å². The lowest BCUT2D eigenvalue weighted by atomic mass is 9.89. The predicted octanol–water partition coefficient (Wildman–Crippen LogP) is -0.383. The predicted molar refractivity (Wildman–Crippen MR) is 160 cm³/mol. The van der Waals surface area contributed by atoms with E-state index in [1.54, 1.807) is 6.07 Å². The van der Waals surface area contributed by atoms with Gasteiger partial charge in [0, 0.05) is 36.2 Å². The number of thioether (sulfide) groups is 1. The molecule has 0 aromatic carbocycles. The van der Waals surface area contributed by atoms with Crippen LogP contribution >= 0.6 is 23.1 Å². The van der Waals surface area contributed by atoms with Gasteiger partial charge in [0.1, 0.15) is 35.3 Å². The molecule has 3 aliphatic heterocycles. The van der Waals surface area contributed by atoms with E-state index in [0.717, 1.165) is 9.78 Å². The van der Waals surface area contributed by atoms with Crippen LogP contribution < -0.4 is 10.5 Å². The first-order valence-corrected chi connectivity index (χ1v) is 17.0. The maximum atomic E-state index is 12.9. The number of rotatable bonds is 12. The molecular formula is C26H28N6O10S3. The Balaban J connectivity index is 1.06. The number of anilines is 1. The fraction of sp³-hybridized carbons (Fsp3) is 0.423. The van der Waals surface area contributed by atoms with Crippen LogP contribution in [0.4, 0.5) is 5.69 Å². The number of thiophene rings is 1. The summed E-state index contributed by atoms with van der Waals surface area (Å²) < 4.78 is 39.6. The third kappa shape index (κ3) is 6.09. The normalized spacial score (nSPS) is 26.7. The van der Waals surface area contributed by atoms with Crippen LogP contribution in [-0.2, 0) is 40.0 Å². The number of imidazole rings is 1. The van der Waals surface area contributed by atoms with Gasteiger partial charge in [-0.25, -0.2) is 14.8 Å². The molecule has 1 amide bonds. The standard InChI is InChI=1S/C26H28N6O10S3/c27-16-3-4-28-22-18(16)29-11-31(22)24-21(35)20(34)17(42-24)9-41-45(39,40)30-8-12-10-44-25-15(23(36)32(25)19(12)26(37)38)7-13(33)6-14-2-1-5-43-14/h1-5,11,15,17,20-21,24-25,30,34-35H,6-10H2,(H2,27,28)(H,37,38)/t15-,17-,20-,21-,24-,25-/m1/s1. The monoisotopic (exact) mass is 680 g/mol. The molecule has 0 bridgehead atoms. The third-order valence-electron chi connectivity index (χ3n) is 7.71. The molecular weight excluding hydrogens is 653 g/mol. The summed E-state index contributed by atoms with van der Waals surface area (Å²) in [5, 5.41) is 32.3. The number of amides is 1. The summed E-state index contributed by atoms with van der Waals surface area (Å²) in [6, 6.07) is 5.20. The molecule has 16 nitrogen and oxygen atoms in total. The van der Waals surface area contributed by atoms with Crippen molar-refractivity contribution in [1.29, 1.82) is 0 Å². The van der Waals surface area contributed by atoms with Crippen LogP contribution in [0.3, 0.4) is 0 Å². The summed E-state index contributed by atoms with van der Waals surface area (Å²) in [6.45, 7) is -1.15. The molecule has 3 aromatic rings. The van der Waals surface area contributed by atoms with Gasteiger partial charge in [0.15, 0.2) is 11.9 Å². The Morgan fingerprint density at radius 1 is 1.22 bits per heavy atom. The topological polar surface area (TPSA) is 236 Å². The number of carbonyl (C=O) groups is 3. The van der Waals surface area contributed by atoms with Crippen molar-refractivity contribution in [3.05, 3.63) is 52.3 Å². The van der Waals surface area contributed by atoms with E-state index in [2.05, 4.69) is 14.7 Å². The number of Topliss-reactive ketones (excluding diaryl/α,β-unsaturated/α-hetero) is 1. The first kappa shape index (κ1) is 31.5. The summed E-state index contributed by atoms with van der Waals surface area (Å²) in [6.07, 6.45) is -2.49. The summed E-state index contributed by atoms with van der Waals surface area (Å²) in [7, 11) is -4.50. The van der Waals surface area contributed by atoms with Gasteiger partial charge in [0.2, 0.25) is 5.91 Å². The van der Waals surface area contributed by atoms with Crippen molar-refractivity contribution >= 4 is 67.9 Å². The molecule has 0 aliphatic carbocycles. The second kappa shape index (κ2) is 12.4. The highest BCUT2D eigenvalue weighted by Crippen LogP contribution is 2.45. The van der Waals surface area contributed by atoms with Gasteiger partial charge in [-0.3, -0.25) is 23.2 Å². The molecule has 19 heteroatoms. The number of nitrogens with two attached hydrogens (primary N) is 1. The summed E-state index contributed by atoms with van der Waals surface area (Å²) in [5.41, 5.74) is 6.68. The van der Waals surface area contributed by atoms with Gasteiger partial charge in [-0.05, 0) is 23.1 Å². The van der Waals surface area contributed by atoms with E-state index in [1.807, 2.05) is 17.5 Å². The van der Waals surface area contributed by atoms with E-state index in [0.29, 0.717) is 11.2 Å². The van der Waals surface area contributed by atoms with E-state index >= 15 is 0 Å². The number of carboxylic acids is 1. The summed E-state index contributed by atoms with van der Waals surface area (Å²) in [4.78, 5) is 47.9. The minimum absolute atomic E-state index is 0.0140. The minimum atomic E-state index is -4.50. The fourth-order valence-electron chi connectivity index (χ4n) is 5.49. The Morgan fingerprint density at radius 2 is 2.02 bits per heavy atom. The van der Waals surface area contributed by atoms with Gasteiger partial charge in [-0.2, -0.15) is 13.1 Å². The number of ketones is 1. The van der Waals surface area contributed by atoms with E-state index < -0.39 is 71.2 Å². The molecule has 0 saturated carbocycles.